The molecule has 1 fully saturated rings. The smallest absolute Gasteiger partial charge is 0.335 e. The molecule has 38 heavy (non-hydrogen) atoms. The number of fused-ring (bicyclic) bond motifs is 8. The number of carbonyl (C=O) groups excluding carboxylic acids is 1. The number of carbonyl (C=O) groups is 2. The van der Waals surface area contributed by atoms with Crippen LogP contribution in [-0.4, -0.2) is 86.3 Å². The van der Waals surface area contributed by atoms with Crippen molar-refractivity contribution in [1.82, 2.24) is 0 Å². The number of aliphatic hydroxyl groups excluding tert-OH is 5. The van der Waals surface area contributed by atoms with E-state index in [-0.39, 0.29) is 35.7 Å². The predicted molar refractivity (Wildman–Crippen MR) is 128 cm³/mol. The summed E-state index contributed by atoms with van der Waals surface area (Å²) in [5.41, 5.74) is 1.13. The van der Waals surface area contributed by atoms with Crippen molar-refractivity contribution < 1.29 is 59.2 Å². The normalized spacial score (nSPS) is 30.1. The molecule has 7 unspecified atom stereocenters. The van der Waals surface area contributed by atoms with Crippen molar-refractivity contribution in [2.45, 2.75) is 68.6 Å². The molecule has 0 aromatic heterocycles. The highest BCUT2D eigenvalue weighted by Gasteiger charge is 2.48. The van der Waals surface area contributed by atoms with Crippen LogP contribution in [0.25, 0.3) is 0 Å². The summed E-state index contributed by atoms with van der Waals surface area (Å²) < 4.78 is 22.4. The lowest BCUT2D eigenvalue weighted by Crippen LogP contribution is -2.61. The Bertz CT molecular complexity index is 1170. The third kappa shape index (κ3) is 5.90. The molecule has 2 aromatic carbocycles. The third-order valence-corrected chi connectivity index (χ3v) is 6.57. The van der Waals surface area contributed by atoms with Crippen molar-refractivity contribution in [3.63, 3.8) is 0 Å². The number of carboxylic acid groups (broad SMARTS) is 1. The minimum Gasteiger partial charge on any atom is -0.493 e. The molecule has 0 saturated carbocycles. The number of methoxy groups -OCH3 is 1. The quantitative estimate of drug-likeness (QED) is 0.318. The van der Waals surface area contributed by atoms with Gasteiger partial charge in [0.15, 0.2) is 34.9 Å². The molecule has 3 aliphatic heterocycles. The number of Topliss-reactive ketones (excluding diaryl/α,β-unsaturated/α-hetero) is 1. The predicted octanol–water partition coefficient (Wildman–Crippen LogP) is 0.448. The molecule has 4 bridgehead atoms. The molecule has 0 radical (unpaired) electrons. The highest BCUT2D eigenvalue weighted by atomic mass is 16.7. The standard InChI is InChI=1S/C26H30O12/c1-35-19-9-12-3-2-4-14(27)16(29)11-15(28)13-6-8-18(20(10-13)36-17(19)7-5-12)37-26-23(32)21(30)22(31)24(38-26)25(33)34/h5-10,14-15,21-24,26-28,30-32H,2-4,11H2,1H3,(H,33,34). The van der Waals surface area contributed by atoms with Crippen LogP contribution >= 0.6 is 0 Å². The first-order chi connectivity index (χ1) is 18.1. The number of carboxylic acids is 1. The van der Waals surface area contributed by atoms with Gasteiger partial charge in [-0.2, -0.15) is 0 Å². The van der Waals surface area contributed by atoms with Gasteiger partial charge in [0.1, 0.15) is 24.4 Å². The molecular formula is C26H30O12. The first kappa shape index (κ1) is 27.8. The van der Waals surface area contributed by atoms with Crippen LogP contribution in [0.2, 0.25) is 0 Å². The van der Waals surface area contributed by atoms with E-state index < -0.39 is 54.7 Å². The monoisotopic (exact) mass is 534 g/mol. The van der Waals surface area contributed by atoms with E-state index in [1.807, 2.05) is 0 Å². The molecule has 6 N–H and O–H groups in total. The summed E-state index contributed by atoms with van der Waals surface area (Å²) in [5.74, 6) is -1.54. The molecule has 206 valence electrons. The summed E-state index contributed by atoms with van der Waals surface area (Å²) >= 11 is 0. The lowest BCUT2D eigenvalue weighted by Gasteiger charge is -2.38. The number of hydrogen-bond acceptors (Lipinski definition) is 11. The second-order valence-corrected chi connectivity index (χ2v) is 9.24. The van der Waals surface area contributed by atoms with Crippen LogP contribution in [0.15, 0.2) is 36.4 Å². The Kier molecular flexibility index (Phi) is 8.51. The number of aliphatic hydroxyl groups is 5. The summed E-state index contributed by atoms with van der Waals surface area (Å²) in [7, 11) is 1.45. The van der Waals surface area contributed by atoms with Crippen LogP contribution in [0.3, 0.4) is 0 Å². The van der Waals surface area contributed by atoms with Gasteiger partial charge in [0.05, 0.1) is 13.2 Å². The van der Waals surface area contributed by atoms with E-state index in [4.69, 9.17) is 18.9 Å². The lowest BCUT2D eigenvalue weighted by atomic mass is 9.98. The van der Waals surface area contributed by atoms with Crippen molar-refractivity contribution in [2.75, 3.05) is 7.11 Å². The van der Waals surface area contributed by atoms with Crippen LogP contribution in [0.5, 0.6) is 23.0 Å². The van der Waals surface area contributed by atoms with Gasteiger partial charge in [-0.1, -0.05) is 12.1 Å². The second kappa shape index (κ2) is 11.6. The maximum atomic E-state index is 12.5. The van der Waals surface area contributed by atoms with Crippen molar-refractivity contribution >= 4 is 11.8 Å². The molecular weight excluding hydrogens is 504 g/mol. The summed E-state index contributed by atoms with van der Waals surface area (Å²) in [6.07, 6.45) is -10.7. The molecule has 0 spiro atoms. The molecule has 3 aliphatic rings. The van der Waals surface area contributed by atoms with Crippen molar-refractivity contribution in [2.24, 2.45) is 0 Å². The number of rotatable bonds is 4. The molecule has 1 saturated heterocycles. The second-order valence-electron chi connectivity index (χ2n) is 9.24. The number of ether oxygens (including phenoxy) is 4. The van der Waals surface area contributed by atoms with E-state index in [0.717, 1.165) is 5.56 Å². The van der Waals surface area contributed by atoms with Gasteiger partial charge in [-0.25, -0.2) is 4.79 Å². The molecule has 0 aliphatic carbocycles. The van der Waals surface area contributed by atoms with Gasteiger partial charge in [-0.05, 0) is 54.7 Å². The van der Waals surface area contributed by atoms with Crippen LogP contribution in [0.4, 0.5) is 0 Å². The minimum atomic E-state index is -1.89. The van der Waals surface area contributed by atoms with E-state index in [9.17, 15) is 40.2 Å². The summed E-state index contributed by atoms with van der Waals surface area (Å²) in [6.45, 7) is 0. The maximum absolute atomic E-state index is 12.5. The van der Waals surface area contributed by atoms with Gasteiger partial charge < -0.3 is 49.6 Å². The highest BCUT2D eigenvalue weighted by molar-refractivity contribution is 5.83. The van der Waals surface area contributed by atoms with E-state index in [0.29, 0.717) is 18.6 Å². The van der Waals surface area contributed by atoms with E-state index in [2.05, 4.69) is 0 Å². The van der Waals surface area contributed by atoms with Crippen molar-refractivity contribution in [1.29, 1.82) is 0 Å². The van der Waals surface area contributed by atoms with Gasteiger partial charge in [-0.3, -0.25) is 4.79 Å². The fourth-order valence-corrected chi connectivity index (χ4v) is 4.36. The van der Waals surface area contributed by atoms with E-state index in [1.165, 1.54) is 25.3 Å². The Morgan fingerprint density at radius 2 is 1.68 bits per heavy atom. The zero-order chi connectivity index (χ0) is 27.6. The Balaban J connectivity index is 1.72. The lowest BCUT2D eigenvalue weighted by molar-refractivity contribution is -0.271. The number of aliphatic carboxylic acids is 1. The summed E-state index contributed by atoms with van der Waals surface area (Å²) in [4.78, 5) is 23.9. The maximum Gasteiger partial charge on any atom is 0.335 e. The molecule has 2 aromatic rings. The Morgan fingerprint density at radius 3 is 2.39 bits per heavy atom. The number of aryl methyl sites for hydroxylation is 1. The largest absolute Gasteiger partial charge is 0.493 e. The molecule has 0 amide bonds. The Labute approximate surface area is 217 Å². The zero-order valence-corrected chi connectivity index (χ0v) is 20.5. The average molecular weight is 535 g/mol. The highest BCUT2D eigenvalue weighted by Crippen LogP contribution is 2.40. The van der Waals surface area contributed by atoms with E-state index >= 15 is 0 Å². The first-order valence-electron chi connectivity index (χ1n) is 12.1. The number of hydrogen-bond donors (Lipinski definition) is 6. The van der Waals surface area contributed by atoms with Crippen molar-refractivity contribution in [3.05, 3.63) is 47.5 Å². The van der Waals surface area contributed by atoms with Gasteiger partial charge in [0.2, 0.25) is 6.29 Å². The fourth-order valence-electron chi connectivity index (χ4n) is 4.36. The fraction of sp³-hybridized carbons (Fsp3) is 0.462. The Morgan fingerprint density at radius 1 is 0.921 bits per heavy atom. The topological polar surface area (TPSA) is 192 Å². The molecule has 7 atom stereocenters. The average Bonchev–Trinajstić information content (AvgIpc) is 2.89. The van der Waals surface area contributed by atoms with Crippen molar-refractivity contribution in [3.8, 4) is 23.0 Å². The molecule has 12 heteroatoms. The van der Waals surface area contributed by atoms with Gasteiger partial charge >= 0.3 is 5.97 Å². The number of ketones is 1. The summed E-state index contributed by atoms with van der Waals surface area (Å²) in [6, 6.07) is 9.31. The molecule has 12 nitrogen and oxygen atoms in total. The van der Waals surface area contributed by atoms with E-state index in [1.54, 1.807) is 18.2 Å². The van der Waals surface area contributed by atoms with Gasteiger partial charge in [-0.15, -0.1) is 0 Å². The van der Waals surface area contributed by atoms with Crippen LogP contribution < -0.4 is 14.2 Å². The molecule has 5 rings (SSSR count). The van der Waals surface area contributed by atoms with Crippen LogP contribution in [0.1, 0.15) is 36.5 Å². The van der Waals surface area contributed by atoms with Gasteiger partial charge in [0.25, 0.3) is 0 Å². The third-order valence-electron chi connectivity index (χ3n) is 6.57. The SMILES string of the molecule is COc1cc2ccc1Oc1cc(ccc1OC1OC(C(=O)O)C(O)C(O)C1O)C(O)CC(=O)C(O)CCC2. The molecule has 3 heterocycles. The summed E-state index contributed by atoms with van der Waals surface area (Å²) in [5, 5.41) is 60.7. The zero-order valence-electron chi connectivity index (χ0n) is 20.5. The van der Waals surface area contributed by atoms with Crippen LogP contribution in [-0.2, 0) is 20.7 Å². The first-order valence-corrected chi connectivity index (χ1v) is 12.1. The number of benzene rings is 2. The van der Waals surface area contributed by atoms with Crippen LogP contribution in [0, 0.1) is 0 Å². The minimum absolute atomic E-state index is 0.0150. The van der Waals surface area contributed by atoms with Gasteiger partial charge in [0, 0.05) is 6.42 Å². The Hall–Kier alpha value is -3.26.